The van der Waals surface area contributed by atoms with Gasteiger partial charge in [0.1, 0.15) is 0 Å². The lowest BCUT2D eigenvalue weighted by molar-refractivity contribution is -0.120. The highest BCUT2D eigenvalue weighted by atomic mass is 16.1. The normalized spacial score (nSPS) is 14.7. The molecule has 15 heavy (non-hydrogen) atoms. The van der Waals surface area contributed by atoms with Crippen molar-refractivity contribution in [3.05, 3.63) is 24.5 Å². The van der Waals surface area contributed by atoms with E-state index in [0.717, 1.165) is 18.5 Å². The van der Waals surface area contributed by atoms with Gasteiger partial charge in [-0.15, -0.1) is 0 Å². The number of carbonyl (C=O) groups is 1. The molecule has 1 aromatic heterocycles. The molecule has 0 bridgehead atoms. The van der Waals surface area contributed by atoms with Crippen molar-refractivity contribution in [2.75, 3.05) is 11.9 Å². The van der Waals surface area contributed by atoms with Crippen LogP contribution in [0.25, 0.3) is 0 Å². The summed E-state index contributed by atoms with van der Waals surface area (Å²) in [6.45, 7) is 0.669. The van der Waals surface area contributed by atoms with E-state index in [4.69, 9.17) is 0 Å². The van der Waals surface area contributed by atoms with E-state index < -0.39 is 0 Å². The molecule has 1 saturated carbocycles. The maximum Gasteiger partial charge on any atom is 0.221 e. The van der Waals surface area contributed by atoms with Crippen LogP contribution in [-0.4, -0.2) is 23.5 Å². The van der Waals surface area contributed by atoms with Crippen LogP contribution in [0.15, 0.2) is 24.5 Å². The monoisotopic (exact) mass is 205 g/mol. The fourth-order valence-electron chi connectivity index (χ4n) is 1.32. The van der Waals surface area contributed by atoms with Gasteiger partial charge in [-0.1, -0.05) is 0 Å². The molecule has 0 radical (unpaired) electrons. The second-order valence-corrected chi connectivity index (χ2v) is 3.75. The lowest BCUT2D eigenvalue weighted by Gasteiger charge is -2.05. The van der Waals surface area contributed by atoms with E-state index in [1.807, 2.05) is 12.1 Å². The Labute approximate surface area is 89.1 Å². The van der Waals surface area contributed by atoms with Crippen LogP contribution >= 0.6 is 0 Å². The summed E-state index contributed by atoms with van der Waals surface area (Å²) < 4.78 is 0. The van der Waals surface area contributed by atoms with E-state index in [9.17, 15) is 4.79 Å². The van der Waals surface area contributed by atoms with E-state index in [-0.39, 0.29) is 5.91 Å². The molecule has 80 valence electrons. The van der Waals surface area contributed by atoms with E-state index in [2.05, 4.69) is 15.6 Å². The van der Waals surface area contributed by atoms with E-state index in [1.165, 1.54) is 0 Å². The first kappa shape index (κ1) is 9.96. The summed E-state index contributed by atoms with van der Waals surface area (Å²) in [6.07, 6.45) is 6.27. The summed E-state index contributed by atoms with van der Waals surface area (Å²) in [4.78, 5) is 15.2. The minimum Gasteiger partial charge on any atom is -0.384 e. The zero-order valence-electron chi connectivity index (χ0n) is 8.57. The Morgan fingerprint density at radius 1 is 1.40 bits per heavy atom. The third-order valence-electron chi connectivity index (χ3n) is 2.30. The van der Waals surface area contributed by atoms with Gasteiger partial charge >= 0.3 is 0 Å². The molecule has 1 aliphatic carbocycles. The number of amides is 1. The molecule has 1 heterocycles. The molecule has 0 atom stereocenters. The first-order valence-corrected chi connectivity index (χ1v) is 5.28. The molecule has 0 aliphatic heterocycles. The van der Waals surface area contributed by atoms with Gasteiger partial charge in [-0.25, -0.2) is 0 Å². The highest BCUT2D eigenvalue weighted by Crippen LogP contribution is 2.18. The summed E-state index contributed by atoms with van der Waals surface area (Å²) in [6, 6.07) is 4.23. The fraction of sp³-hybridized carbons (Fsp3) is 0.455. The number of carbonyl (C=O) groups excluding carboxylic acids is 1. The third kappa shape index (κ3) is 3.58. The molecule has 0 spiro atoms. The summed E-state index contributed by atoms with van der Waals surface area (Å²) >= 11 is 0. The van der Waals surface area contributed by atoms with Crippen LogP contribution in [-0.2, 0) is 4.79 Å². The second-order valence-electron chi connectivity index (χ2n) is 3.75. The largest absolute Gasteiger partial charge is 0.384 e. The molecule has 4 nitrogen and oxygen atoms in total. The van der Waals surface area contributed by atoms with Crippen LogP contribution in [0, 0.1) is 0 Å². The van der Waals surface area contributed by atoms with Gasteiger partial charge in [-0.3, -0.25) is 9.78 Å². The van der Waals surface area contributed by atoms with Crippen molar-refractivity contribution in [3.63, 3.8) is 0 Å². The molecule has 1 fully saturated rings. The number of nitrogens with one attached hydrogen (secondary N) is 2. The van der Waals surface area contributed by atoms with Crippen molar-refractivity contribution in [2.24, 2.45) is 0 Å². The second kappa shape index (κ2) is 4.77. The highest BCUT2D eigenvalue weighted by Gasteiger charge is 2.22. The SMILES string of the molecule is O=C(CCNc1ccncc1)NC1CC1. The van der Waals surface area contributed by atoms with Gasteiger partial charge in [0.2, 0.25) is 5.91 Å². The van der Waals surface area contributed by atoms with Gasteiger partial charge in [-0.05, 0) is 25.0 Å². The number of nitrogens with zero attached hydrogens (tertiary/aromatic N) is 1. The van der Waals surface area contributed by atoms with Crippen LogP contribution in [0.4, 0.5) is 5.69 Å². The van der Waals surface area contributed by atoms with Gasteiger partial charge in [0.15, 0.2) is 0 Å². The van der Waals surface area contributed by atoms with Crippen LogP contribution in [0.2, 0.25) is 0 Å². The maximum atomic E-state index is 11.3. The van der Waals surface area contributed by atoms with Gasteiger partial charge in [0.25, 0.3) is 0 Å². The molecule has 2 rings (SSSR count). The molecular weight excluding hydrogens is 190 g/mol. The average molecular weight is 205 g/mol. The lowest BCUT2D eigenvalue weighted by Crippen LogP contribution is -2.27. The van der Waals surface area contributed by atoms with Crippen molar-refractivity contribution in [3.8, 4) is 0 Å². The van der Waals surface area contributed by atoms with Crippen molar-refractivity contribution >= 4 is 11.6 Å². The number of hydrogen-bond donors (Lipinski definition) is 2. The Balaban J connectivity index is 1.63. The Morgan fingerprint density at radius 3 is 2.80 bits per heavy atom. The molecule has 1 amide bonds. The minimum absolute atomic E-state index is 0.138. The Morgan fingerprint density at radius 2 is 2.13 bits per heavy atom. The van der Waals surface area contributed by atoms with Gasteiger partial charge in [0, 0.05) is 37.1 Å². The van der Waals surface area contributed by atoms with E-state index in [1.54, 1.807) is 12.4 Å². The average Bonchev–Trinajstić information content (AvgIpc) is 3.03. The molecule has 1 aliphatic rings. The van der Waals surface area contributed by atoms with Crippen LogP contribution in [0.5, 0.6) is 0 Å². The molecule has 0 aromatic carbocycles. The van der Waals surface area contributed by atoms with E-state index >= 15 is 0 Å². The summed E-state index contributed by atoms with van der Waals surface area (Å²) in [7, 11) is 0. The predicted molar refractivity (Wildman–Crippen MR) is 58.5 cm³/mol. The lowest BCUT2D eigenvalue weighted by atomic mass is 10.3. The van der Waals surface area contributed by atoms with Gasteiger partial charge in [-0.2, -0.15) is 0 Å². The van der Waals surface area contributed by atoms with Crippen molar-refractivity contribution in [2.45, 2.75) is 25.3 Å². The fourth-order valence-corrected chi connectivity index (χ4v) is 1.32. The predicted octanol–water partition coefficient (Wildman–Crippen LogP) is 1.16. The third-order valence-corrected chi connectivity index (χ3v) is 2.30. The number of rotatable bonds is 5. The van der Waals surface area contributed by atoms with Gasteiger partial charge in [0.05, 0.1) is 0 Å². The number of pyridine rings is 1. The van der Waals surface area contributed by atoms with Crippen LogP contribution in [0.1, 0.15) is 19.3 Å². The first-order valence-electron chi connectivity index (χ1n) is 5.28. The minimum atomic E-state index is 0.138. The molecule has 2 N–H and O–H groups in total. The highest BCUT2D eigenvalue weighted by molar-refractivity contribution is 5.77. The number of hydrogen-bond acceptors (Lipinski definition) is 3. The van der Waals surface area contributed by atoms with Crippen LogP contribution < -0.4 is 10.6 Å². The van der Waals surface area contributed by atoms with E-state index in [0.29, 0.717) is 19.0 Å². The molecule has 0 saturated heterocycles. The molecular formula is C11H15N3O. The standard InChI is InChI=1S/C11H15N3O/c15-11(14-10-1-2-10)5-8-13-9-3-6-12-7-4-9/h3-4,6-7,10H,1-2,5,8H2,(H,12,13)(H,14,15). The van der Waals surface area contributed by atoms with Crippen molar-refractivity contribution < 1.29 is 4.79 Å². The summed E-state index contributed by atoms with van der Waals surface area (Å²) in [5, 5.41) is 6.12. The summed E-state index contributed by atoms with van der Waals surface area (Å²) in [5.74, 6) is 0.138. The zero-order chi connectivity index (χ0) is 10.5. The summed E-state index contributed by atoms with van der Waals surface area (Å²) in [5.41, 5.74) is 1.00. The smallest absolute Gasteiger partial charge is 0.221 e. The zero-order valence-corrected chi connectivity index (χ0v) is 8.57. The number of aromatic nitrogens is 1. The first-order chi connectivity index (χ1) is 7.34. The molecule has 0 unspecified atom stereocenters. The molecule has 1 aromatic rings. The molecule has 4 heteroatoms. The maximum absolute atomic E-state index is 11.3. The Hall–Kier alpha value is -1.58. The van der Waals surface area contributed by atoms with Crippen molar-refractivity contribution in [1.82, 2.24) is 10.3 Å². The van der Waals surface area contributed by atoms with Crippen LogP contribution in [0.3, 0.4) is 0 Å². The number of anilines is 1. The quantitative estimate of drug-likeness (QED) is 0.758. The van der Waals surface area contributed by atoms with Gasteiger partial charge < -0.3 is 10.6 Å². The topological polar surface area (TPSA) is 54.0 Å². The Kier molecular flexibility index (Phi) is 3.17. The van der Waals surface area contributed by atoms with Crippen molar-refractivity contribution in [1.29, 1.82) is 0 Å². The Bertz CT molecular complexity index is 322.